The summed E-state index contributed by atoms with van der Waals surface area (Å²) in [6.07, 6.45) is 10.1. The number of hydrogen-bond donors (Lipinski definition) is 3. The topological polar surface area (TPSA) is 99.1 Å². The van der Waals surface area contributed by atoms with Crippen LogP contribution in [0.2, 0.25) is 0 Å². The van der Waals surface area contributed by atoms with Gasteiger partial charge in [0.05, 0.1) is 30.7 Å². The largest absolute Gasteiger partial charge is 0.414 e. The Kier molecular flexibility index (Phi) is 23.0. The number of allylic oxidation sites excluding steroid dienone is 2. The molecule has 0 saturated carbocycles. The molecule has 3 heterocycles. The molecule has 1 aromatic rings. The van der Waals surface area contributed by atoms with E-state index in [4.69, 9.17) is 9.84 Å². The average Bonchev–Trinajstić information content (AvgIpc) is 3.50. The number of amidine groups is 1. The lowest BCUT2D eigenvalue weighted by Crippen LogP contribution is -2.35. The minimum atomic E-state index is -4.42. The third-order valence-electron chi connectivity index (χ3n) is 6.83. The van der Waals surface area contributed by atoms with Gasteiger partial charge in [0.1, 0.15) is 5.84 Å². The molecule has 2 aliphatic heterocycles. The summed E-state index contributed by atoms with van der Waals surface area (Å²) in [6, 6.07) is 1.95. The summed E-state index contributed by atoms with van der Waals surface area (Å²) < 4.78 is 44.4. The quantitative estimate of drug-likeness (QED) is 0.325. The first-order chi connectivity index (χ1) is 21.6. The van der Waals surface area contributed by atoms with Crippen molar-refractivity contribution in [2.45, 2.75) is 111 Å². The summed E-state index contributed by atoms with van der Waals surface area (Å²) in [7, 11) is 1.46. The highest BCUT2D eigenvalue weighted by Crippen LogP contribution is 2.34. The molecule has 11 heteroatoms. The van der Waals surface area contributed by atoms with E-state index in [0.29, 0.717) is 12.2 Å². The summed E-state index contributed by atoms with van der Waals surface area (Å²) in [5.74, 6) is -0.0623. The zero-order valence-corrected chi connectivity index (χ0v) is 28.7. The van der Waals surface area contributed by atoms with E-state index < -0.39 is 18.3 Å². The molecule has 1 fully saturated rings. The van der Waals surface area contributed by atoms with Crippen molar-refractivity contribution < 1.29 is 27.8 Å². The van der Waals surface area contributed by atoms with Gasteiger partial charge in [0.15, 0.2) is 0 Å². The SMILES string of the molecule is CC.CC.CCCN1CCC(OC2CCCc3cnccc32)C1.CCO.CNC(=O)CC1=NC/C(C(F)(F)F)=C\C=C/C(C)N1. The highest BCUT2D eigenvalue weighted by Gasteiger charge is 2.33. The Morgan fingerprint density at radius 2 is 1.89 bits per heavy atom. The van der Waals surface area contributed by atoms with E-state index in [0.717, 1.165) is 19.0 Å². The fraction of sp³-hybridized carbons (Fsp3) is 0.676. The molecule has 1 saturated heterocycles. The minimum absolute atomic E-state index is 0.0696. The Bertz CT molecular complexity index is 1030. The Morgan fingerprint density at radius 1 is 1.20 bits per heavy atom. The van der Waals surface area contributed by atoms with Gasteiger partial charge < -0.3 is 25.4 Å². The lowest BCUT2D eigenvalue weighted by molar-refractivity contribution is -0.119. The summed E-state index contributed by atoms with van der Waals surface area (Å²) >= 11 is 0. The van der Waals surface area contributed by atoms with Gasteiger partial charge in [-0.25, -0.2) is 0 Å². The molecule has 45 heavy (non-hydrogen) atoms. The number of amides is 1. The van der Waals surface area contributed by atoms with Gasteiger partial charge in [0.2, 0.25) is 5.91 Å². The van der Waals surface area contributed by atoms with Gasteiger partial charge in [-0.1, -0.05) is 52.8 Å². The molecular weight excluding hydrogens is 583 g/mol. The number of aryl methyl sites for hydroxylation is 1. The number of aliphatic hydroxyl groups excluding tert-OH is 1. The molecule has 3 unspecified atom stereocenters. The van der Waals surface area contributed by atoms with Crippen LogP contribution in [0.5, 0.6) is 0 Å². The van der Waals surface area contributed by atoms with E-state index in [1.807, 2.05) is 40.1 Å². The van der Waals surface area contributed by atoms with E-state index in [9.17, 15) is 18.0 Å². The van der Waals surface area contributed by atoms with Crippen LogP contribution < -0.4 is 10.6 Å². The van der Waals surface area contributed by atoms with Crippen LogP contribution in [-0.2, 0) is 16.0 Å². The van der Waals surface area contributed by atoms with Crippen LogP contribution in [0.1, 0.15) is 97.8 Å². The molecule has 0 radical (unpaired) electrons. The first-order valence-electron chi connectivity index (χ1n) is 16.5. The number of carbonyl (C=O) groups is 1. The van der Waals surface area contributed by atoms with Crippen LogP contribution >= 0.6 is 0 Å². The van der Waals surface area contributed by atoms with Gasteiger partial charge in [0, 0.05) is 45.2 Å². The number of aromatic nitrogens is 1. The minimum Gasteiger partial charge on any atom is -0.397 e. The van der Waals surface area contributed by atoms with Crippen LogP contribution in [0.4, 0.5) is 13.2 Å². The lowest BCUT2D eigenvalue weighted by Gasteiger charge is -2.28. The molecule has 3 aliphatic rings. The fourth-order valence-corrected chi connectivity index (χ4v) is 4.86. The van der Waals surface area contributed by atoms with Crippen molar-refractivity contribution in [1.82, 2.24) is 20.5 Å². The smallest absolute Gasteiger partial charge is 0.397 e. The Labute approximate surface area is 269 Å². The second kappa shape index (κ2) is 24.5. The molecule has 258 valence electrons. The molecule has 1 aliphatic carbocycles. The number of likely N-dealkylation sites (tertiary alicyclic amines) is 1. The number of aliphatic hydroxyl groups is 1. The van der Waals surface area contributed by atoms with E-state index in [1.54, 1.807) is 19.9 Å². The molecule has 1 aromatic heterocycles. The summed E-state index contributed by atoms with van der Waals surface area (Å²) in [4.78, 5) is 21.9. The lowest BCUT2D eigenvalue weighted by atomic mass is 9.91. The Hall–Kier alpha value is -2.76. The van der Waals surface area contributed by atoms with Crippen molar-refractivity contribution in [2.75, 3.05) is 39.8 Å². The summed E-state index contributed by atoms with van der Waals surface area (Å²) in [5, 5.41) is 12.9. The summed E-state index contributed by atoms with van der Waals surface area (Å²) in [6.45, 7) is 17.0. The number of nitrogens with one attached hydrogen (secondary N) is 2. The standard InChI is InChI=1S/C16H24N2O.C12H16F3N3O.C2H6O.2C2H6/c1-2-9-18-10-7-14(12-18)19-16-5-3-4-13-11-17-8-6-15(13)16;1-8-4-3-5-9(12(13,14)15)7-17-10(18-8)6-11(19)16-2;1-2-3;2*1-2/h6,8,11,14,16H,2-5,7,9-10,12H2,1H3;3-5,8H,6-7H2,1-2H3,(H,16,19)(H,17,18);3H,2H2,1H3;2*1-2H3/b;4-3-,9-5+;;;. The third kappa shape index (κ3) is 16.9. The van der Waals surface area contributed by atoms with Crippen molar-refractivity contribution in [3.63, 3.8) is 0 Å². The number of rotatable bonds is 6. The zero-order valence-electron chi connectivity index (χ0n) is 28.7. The van der Waals surface area contributed by atoms with E-state index in [-0.39, 0.29) is 30.8 Å². The average molecular weight is 642 g/mol. The third-order valence-corrected chi connectivity index (χ3v) is 6.83. The number of hydrogen-bond acceptors (Lipinski definition) is 7. The van der Waals surface area contributed by atoms with Gasteiger partial charge in [-0.05, 0) is 69.7 Å². The highest BCUT2D eigenvalue weighted by atomic mass is 19.4. The van der Waals surface area contributed by atoms with Gasteiger partial charge in [0.25, 0.3) is 0 Å². The molecule has 0 bridgehead atoms. The van der Waals surface area contributed by atoms with E-state index >= 15 is 0 Å². The summed E-state index contributed by atoms with van der Waals surface area (Å²) in [5.41, 5.74) is 2.03. The first kappa shape index (κ1) is 42.2. The van der Waals surface area contributed by atoms with Crippen molar-refractivity contribution in [3.05, 3.63) is 53.4 Å². The monoisotopic (exact) mass is 641 g/mol. The van der Waals surface area contributed by atoms with Crippen LogP contribution in [0.25, 0.3) is 0 Å². The number of carbonyl (C=O) groups excluding carboxylic acids is 1. The first-order valence-corrected chi connectivity index (χ1v) is 16.5. The molecule has 3 atom stereocenters. The predicted octanol–water partition coefficient (Wildman–Crippen LogP) is 6.57. The van der Waals surface area contributed by atoms with Crippen molar-refractivity contribution in [1.29, 1.82) is 0 Å². The van der Waals surface area contributed by atoms with Crippen LogP contribution in [0.3, 0.4) is 0 Å². The van der Waals surface area contributed by atoms with Crippen LogP contribution in [0.15, 0.2) is 47.3 Å². The number of aliphatic imine (C=N–C) groups is 1. The molecule has 8 nitrogen and oxygen atoms in total. The van der Waals surface area contributed by atoms with Gasteiger partial charge >= 0.3 is 6.18 Å². The van der Waals surface area contributed by atoms with Crippen molar-refractivity contribution >= 4 is 11.7 Å². The number of alkyl halides is 3. The maximum absolute atomic E-state index is 12.7. The number of halogens is 3. The predicted molar refractivity (Wildman–Crippen MR) is 178 cm³/mol. The van der Waals surface area contributed by atoms with Crippen LogP contribution in [0, 0.1) is 0 Å². The molecule has 0 aromatic carbocycles. The number of pyridine rings is 1. The Balaban J connectivity index is 0.000000718. The van der Waals surface area contributed by atoms with E-state index in [1.165, 1.54) is 63.0 Å². The van der Waals surface area contributed by atoms with Crippen molar-refractivity contribution in [2.24, 2.45) is 4.99 Å². The molecule has 0 spiro atoms. The van der Waals surface area contributed by atoms with Gasteiger partial charge in [-0.15, -0.1) is 0 Å². The van der Waals surface area contributed by atoms with Gasteiger partial charge in [-0.2, -0.15) is 13.2 Å². The number of nitrogens with zero attached hydrogens (tertiary/aromatic N) is 3. The molecule has 3 N–H and O–H groups in total. The van der Waals surface area contributed by atoms with Gasteiger partial charge in [-0.3, -0.25) is 14.8 Å². The maximum Gasteiger partial charge on any atom is 0.414 e. The Morgan fingerprint density at radius 3 is 2.51 bits per heavy atom. The number of fused-ring (bicyclic) bond motifs is 1. The van der Waals surface area contributed by atoms with Crippen molar-refractivity contribution in [3.8, 4) is 0 Å². The molecular formula is C34H58F3N5O3. The molecule has 4 rings (SSSR count). The van der Waals surface area contributed by atoms with Crippen LogP contribution in [-0.4, -0.2) is 84.9 Å². The van der Waals surface area contributed by atoms with E-state index in [2.05, 4.69) is 38.5 Å². The zero-order chi connectivity index (χ0) is 34.3. The highest BCUT2D eigenvalue weighted by molar-refractivity contribution is 6.00. The number of ether oxygens (including phenoxy) is 1. The fourth-order valence-electron chi connectivity index (χ4n) is 4.86. The maximum atomic E-state index is 12.7. The molecule has 1 amide bonds. The normalized spacial score (nSPS) is 22.7. The second-order valence-electron chi connectivity index (χ2n) is 10.2. The second-order valence-corrected chi connectivity index (χ2v) is 10.2.